The molecule has 30 heavy (non-hydrogen) atoms. The summed E-state index contributed by atoms with van der Waals surface area (Å²) in [7, 11) is 1.43. The molecule has 1 aromatic carbocycles. The van der Waals surface area contributed by atoms with Crippen LogP contribution in [0.4, 0.5) is 0 Å². The first kappa shape index (κ1) is 20.2. The van der Waals surface area contributed by atoms with Gasteiger partial charge in [0.25, 0.3) is 11.1 Å². The van der Waals surface area contributed by atoms with Gasteiger partial charge in [0.15, 0.2) is 5.69 Å². The molecule has 3 heterocycles. The van der Waals surface area contributed by atoms with Crippen molar-refractivity contribution in [3.8, 4) is 16.9 Å². The highest BCUT2D eigenvalue weighted by molar-refractivity contribution is 6.38. The SMILES string of the molecule is CC(C)n1c(=O)ccc2c1ccn2-c1c(Cl)cc(-c2nn(C)c(=O)[nH]c2=O)cc1Cl. The minimum atomic E-state index is -0.634. The summed E-state index contributed by atoms with van der Waals surface area (Å²) < 4.78 is 4.51. The standard InChI is InChI=1S/C20H17Cl2N5O3/c1-10(2)27-15-6-7-26(14(15)4-5-16(27)28)18-12(21)8-11(9-13(18)22)17-19(29)23-20(30)25(3)24-17/h4-10H,1-3H3,(H,23,29,30). The highest BCUT2D eigenvalue weighted by atomic mass is 35.5. The van der Waals surface area contributed by atoms with Crippen LogP contribution in [0.3, 0.4) is 0 Å². The Labute approximate surface area is 179 Å². The number of nitrogens with one attached hydrogen (secondary N) is 1. The van der Waals surface area contributed by atoms with Crippen LogP contribution in [0.2, 0.25) is 10.0 Å². The topological polar surface area (TPSA) is 94.7 Å². The molecule has 0 spiro atoms. The molecule has 0 aliphatic heterocycles. The molecule has 0 bridgehead atoms. The van der Waals surface area contributed by atoms with E-state index in [4.69, 9.17) is 23.2 Å². The number of aryl methyl sites for hydroxylation is 1. The number of fused-ring (bicyclic) bond motifs is 1. The van der Waals surface area contributed by atoms with Gasteiger partial charge < -0.3 is 9.13 Å². The second-order valence-electron chi connectivity index (χ2n) is 7.11. The zero-order chi connectivity index (χ0) is 21.7. The lowest BCUT2D eigenvalue weighted by molar-refractivity contribution is 0.600. The van der Waals surface area contributed by atoms with E-state index in [1.165, 1.54) is 13.1 Å². The van der Waals surface area contributed by atoms with Crippen LogP contribution >= 0.6 is 23.2 Å². The average molecular weight is 446 g/mol. The van der Waals surface area contributed by atoms with Crippen LogP contribution in [0.5, 0.6) is 0 Å². The molecule has 10 heteroatoms. The van der Waals surface area contributed by atoms with Gasteiger partial charge in [0, 0.05) is 30.9 Å². The Kier molecular flexibility index (Phi) is 4.91. The maximum atomic E-state index is 12.3. The molecule has 3 aromatic heterocycles. The van der Waals surface area contributed by atoms with E-state index < -0.39 is 11.2 Å². The van der Waals surface area contributed by atoms with Crippen molar-refractivity contribution in [3.05, 3.63) is 77.8 Å². The van der Waals surface area contributed by atoms with E-state index in [1.54, 1.807) is 33.5 Å². The van der Waals surface area contributed by atoms with Crippen molar-refractivity contribution in [1.29, 1.82) is 0 Å². The number of rotatable bonds is 3. The van der Waals surface area contributed by atoms with Gasteiger partial charge in [-0.2, -0.15) is 5.10 Å². The first-order valence-corrected chi connectivity index (χ1v) is 9.84. The molecule has 0 fully saturated rings. The molecule has 0 atom stereocenters. The van der Waals surface area contributed by atoms with Crippen molar-refractivity contribution >= 4 is 34.2 Å². The maximum Gasteiger partial charge on any atom is 0.344 e. The normalized spacial score (nSPS) is 11.5. The Morgan fingerprint density at radius 2 is 1.67 bits per heavy atom. The molecule has 0 aliphatic rings. The van der Waals surface area contributed by atoms with Crippen LogP contribution in [0.1, 0.15) is 19.9 Å². The highest BCUT2D eigenvalue weighted by Gasteiger charge is 2.18. The van der Waals surface area contributed by atoms with Gasteiger partial charge in [-0.3, -0.25) is 14.6 Å². The van der Waals surface area contributed by atoms with E-state index in [-0.39, 0.29) is 27.3 Å². The van der Waals surface area contributed by atoms with Crippen molar-refractivity contribution < 1.29 is 0 Å². The third-order valence-electron chi connectivity index (χ3n) is 4.81. The number of pyridine rings is 1. The molecule has 8 nitrogen and oxygen atoms in total. The molecule has 0 saturated carbocycles. The molecule has 154 valence electrons. The van der Waals surface area contributed by atoms with Gasteiger partial charge in [0.1, 0.15) is 0 Å². The third kappa shape index (κ3) is 3.18. The summed E-state index contributed by atoms with van der Waals surface area (Å²) >= 11 is 13.1. The van der Waals surface area contributed by atoms with Crippen molar-refractivity contribution in [1.82, 2.24) is 23.9 Å². The van der Waals surface area contributed by atoms with Gasteiger partial charge in [-0.15, -0.1) is 0 Å². The minimum absolute atomic E-state index is 0.0205. The van der Waals surface area contributed by atoms with Gasteiger partial charge in [-0.05, 0) is 38.1 Å². The lowest BCUT2D eigenvalue weighted by Gasteiger charge is -2.14. The Morgan fingerprint density at radius 3 is 2.30 bits per heavy atom. The van der Waals surface area contributed by atoms with Gasteiger partial charge in [-0.1, -0.05) is 23.2 Å². The Hall–Kier alpha value is -3.10. The number of aromatic amines is 1. The molecular weight excluding hydrogens is 429 g/mol. The fourth-order valence-electron chi connectivity index (χ4n) is 3.48. The van der Waals surface area contributed by atoms with Crippen molar-refractivity contribution in [2.45, 2.75) is 19.9 Å². The predicted octanol–water partition coefficient (Wildman–Crippen LogP) is 3.13. The number of nitrogens with zero attached hydrogens (tertiary/aromatic N) is 4. The number of halogens is 2. The minimum Gasteiger partial charge on any atom is -0.312 e. The summed E-state index contributed by atoms with van der Waals surface area (Å²) in [5.41, 5.74) is 1.08. The number of hydrogen-bond donors (Lipinski definition) is 1. The van der Waals surface area contributed by atoms with Crippen LogP contribution in [0, 0.1) is 0 Å². The monoisotopic (exact) mass is 445 g/mol. The number of aromatic nitrogens is 5. The fourth-order valence-corrected chi connectivity index (χ4v) is 4.15. The first-order valence-electron chi connectivity index (χ1n) is 9.09. The maximum absolute atomic E-state index is 12.3. The van der Waals surface area contributed by atoms with Crippen LogP contribution in [-0.2, 0) is 7.05 Å². The summed E-state index contributed by atoms with van der Waals surface area (Å²) in [5, 5.41) is 4.58. The third-order valence-corrected chi connectivity index (χ3v) is 5.39. The average Bonchev–Trinajstić information content (AvgIpc) is 3.07. The zero-order valence-corrected chi connectivity index (χ0v) is 17.8. The van der Waals surface area contributed by atoms with E-state index in [2.05, 4.69) is 10.1 Å². The van der Waals surface area contributed by atoms with E-state index in [9.17, 15) is 14.4 Å². The molecule has 4 rings (SSSR count). The predicted molar refractivity (Wildman–Crippen MR) is 117 cm³/mol. The summed E-state index contributed by atoms with van der Waals surface area (Å²) in [4.78, 5) is 38.2. The summed E-state index contributed by atoms with van der Waals surface area (Å²) in [6.07, 6.45) is 1.78. The Bertz CT molecular complexity index is 1450. The molecule has 0 aliphatic carbocycles. The van der Waals surface area contributed by atoms with Crippen molar-refractivity contribution in [3.63, 3.8) is 0 Å². The smallest absolute Gasteiger partial charge is 0.312 e. The summed E-state index contributed by atoms with van der Waals surface area (Å²) in [6.45, 7) is 3.87. The lowest BCUT2D eigenvalue weighted by atomic mass is 10.1. The molecule has 0 amide bonds. The van der Waals surface area contributed by atoms with Gasteiger partial charge in [0.05, 0.1) is 26.8 Å². The molecule has 0 radical (unpaired) electrons. The first-order chi connectivity index (χ1) is 14.2. The Morgan fingerprint density at radius 1 is 1.00 bits per heavy atom. The van der Waals surface area contributed by atoms with Crippen LogP contribution in [-0.4, -0.2) is 23.9 Å². The summed E-state index contributed by atoms with van der Waals surface area (Å²) in [5.74, 6) is 0. The van der Waals surface area contributed by atoms with Crippen LogP contribution in [0.25, 0.3) is 28.0 Å². The molecule has 0 saturated heterocycles. The van der Waals surface area contributed by atoms with Crippen LogP contribution in [0.15, 0.2) is 50.9 Å². The quantitative estimate of drug-likeness (QED) is 0.523. The number of hydrogen-bond acceptors (Lipinski definition) is 4. The van der Waals surface area contributed by atoms with E-state index in [1.807, 2.05) is 19.9 Å². The van der Waals surface area contributed by atoms with E-state index in [0.29, 0.717) is 11.3 Å². The van der Waals surface area contributed by atoms with E-state index in [0.717, 1.165) is 15.7 Å². The van der Waals surface area contributed by atoms with Crippen molar-refractivity contribution in [2.24, 2.45) is 7.05 Å². The second kappa shape index (κ2) is 7.30. The Balaban J connectivity index is 1.94. The van der Waals surface area contributed by atoms with Gasteiger partial charge in [0.2, 0.25) is 0 Å². The molecular formula is C20H17Cl2N5O3. The number of benzene rings is 1. The molecule has 0 unspecified atom stereocenters. The van der Waals surface area contributed by atoms with Crippen molar-refractivity contribution in [2.75, 3.05) is 0 Å². The highest BCUT2D eigenvalue weighted by Crippen LogP contribution is 2.35. The van der Waals surface area contributed by atoms with Crippen LogP contribution < -0.4 is 16.8 Å². The van der Waals surface area contributed by atoms with Gasteiger partial charge >= 0.3 is 5.69 Å². The fraction of sp³-hybridized carbons (Fsp3) is 0.200. The second-order valence-corrected chi connectivity index (χ2v) is 7.93. The molecule has 4 aromatic rings. The van der Waals surface area contributed by atoms with Gasteiger partial charge in [-0.25, -0.2) is 9.48 Å². The number of H-pyrrole nitrogens is 1. The zero-order valence-electron chi connectivity index (χ0n) is 16.3. The lowest BCUT2D eigenvalue weighted by Crippen LogP contribution is -2.31. The molecule has 1 N–H and O–H groups in total. The summed E-state index contributed by atoms with van der Waals surface area (Å²) in [6, 6.07) is 8.16. The largest absolute Gasteiger partial charge is 0.344 e. The van der Waals surface area contributed by atoms with E-state index >= 15 is 0 Å².